The van der Waals surface area contributed by atoms with E-state index in [1.54, 1.807) is 23.1 Å². The van der Waals surface area contributed by atoms with Crippen LogP contribution in [-0.2, 0) is 11.2 Å². The zero-order valence-corrected chi connectivity index (χ0v) is 10.8. The van der Waals surface area contributed by atoms with Gasteiger partial charge in [-0.2, -0.15) is 0 Å². The first-order chi connectivity index (χ1) is 8.42. The molecule has 0 bridgehead atoms. The molecule has 0 aromatic heterocycles. The Balaban J connectivity index is 1.94. The highest BCUT2D eigenvalue weighted by atomic mass is 19.1. The summed E-state index contributed by atoms with van der Waals surface area (Å²) >= 11 is 0. The molecule has 0 unspecified atom stereocenters. The van der Waals surface area contributed by atoms with Gasteiger partial charge in [-0.3, -0.25) is 4.79 Å². The smallest absolute Gasteiger partial charge is 0.227 e. The second kappa shape index (κ2) is 4.69. The van der Waals surface area contributed by atoms with Crippen LogP contribution in [0.3, 0.4) is 0 Å². The molecule has 4 heteroatoms. The van der Waals surface area contributed by atoms with Crippen molar-refractivity contribution in [1.29, 1.82) is 0 Å². The summed E-state index contributed by atoms with van der Waals surface area (Å²) < 4.78 is 13.4. The molecule has 0 saturated carbocycles. The van der Waals surface area contributed by atoms with Crippen LogP contribution in [0.25, 0.3) is 0 Å². The average Bonchev–Trinajstić information content (AvgIpc) is 2.27. The zero-order valence-electron chi connectivity index (χ0n) is 10.8. The van der Waals surface area contributed by atoms with Crippen LogP contribution in [0.15, 0.2) is 24.3 Å². The molecule has 0 aliphatic carbocycles. The van der Waals surface area contributed by atoms with E-state index in [4.69, 9.17) is 5.73 Å². The summed E-state index contributed by atoms with van der Waals surface area (Å²) in [5.41, 5.74) is 6.30. The lowest BCUT2D eigenvalue weighted by Crippen LogP contribution is -2.71. The molecule has 3 nitrogen and oxygen atoms in total. The summed E-state index contributed by atoms with van der Waals surface area (Å²) in [6, 6.07) is 6.38. The number of hydrogen-bond donors (Lipinski definition) is 1. The Morgan fingerprint density at radius 1 is 1.44 bits per heavy atom. The first kappa shape index (κ1) is 13.0. The monoisotopic (exact) mass is 250 g/mol. The number of nitrogens with zero attached hydrogens (tertiary/aromatic N) is 1. The van der Waals surface area contributed by atoms with Crippen LogP contribution < -0.4 is 5.73 Å². The molecule has 1 saturated heterocycles. The standard InChI is InChI=1S/C14H19FN2O/c1-10(2)14(16)8-17(9-14)13(18)7-11-5-3-4-6-12(11)15/h3-6,10H,7-9,16H2,1-2H3. The lowest BCUT2D eigenvalue weighted by atomic mass is 9.80. The van der Waals surface area contributed by atoms with Gasteiger partial charge in [-0.05, 0) is 17.5 Å². The van der Waals surface area contributed by atoms with E-state index < -0.39 is 0 Å². The molecule has 1 aromatic carbocycles. The molecule has 1 heterocycles. The molecule has 0 radical (unpaired) electrons. The predicted molar refractivity (Wildman–Crippen MR) is 68.4 cm³/mol. The number of amides is 1. The molecular formula is C14H19FN2O. The molecule has 0 atom stereocenters. The van der Waals surface area contributed by atoms with Gasteiger partial charge in [0.1, 0.15) is 5.82 Å². The summed E-state index contributed by atoms with van der Waals surface area (Å²) in [6.45, 7) is 5.24. The van der Waals surface area contributed by atoms with E-state index in [1.807, 2.05) is 0 Å². The Morgan fingerprint density at radius 3 is 2.61 bits per heavy atom. The van der Waals surface area contributed by atoms with Gasteiger partial charge in [-0.15, -0.1) is 0 Å². The lowest BCUT2D eigenvalue weighted by Gasteiger charge is -2.50. The fourth-order valence-corrected chi connectivity index (χ4v) is 2.12. The van der Waals surface area contributed by atoms with Crippen LogP contribution in [0.5, 0.6) is 0 Å². The fraction of sp³-hybridized carbons (Fsp3) is 0.500. The largest absolute Gasteiger partial charge is 0.339 e. The minimum Gasteiger partial charge on any atom is -0.339 e. The first-order valence-electron chi connectivity index (χ1n) is 6.22. The summed E-state index contributed by atoms with van der Waals surface area (Å²) in [5, 5.41) is 0. The fourth-order valence-electron chi connectivity index (χ4n) is 2.12. The highest BCUT2D eigenvalue weighted by molar-refractivity contribution is 5.80. The third-order valence-corrected chi connectivity index (χ3v) is 3.77. The SMILES string of the molecule is CC(C)C1(N)CN(C(=O)Cc2ccccc2F)C1. The van der Waals surface area contributed by atoms with Crippen molar-refractivity contribution in [2.24, 2.45) is 11.7 Å². The van der Waals surface area contributed by atoms with Crippen LogP contribution in [-0.4, -0.2) is 29.4 Å². The number of benzene rings is 1. The van der Waals surface area contributed by atoms with Crippen molar-refractivity contribution in [2.75, 3.05) is 13.1 Å². The quantitative estimate of drug-likeness (QED) is 0.885. The zero-order chi connectivity index (χ0) is 13.3. The molecule has 1 aromatic rings. The van der Waals surface area contributed by atoms with Crippen molar-refractivity contribution in [3.05, 3.63) is 35.6 Å². The van der Waals surface area contributed by atoms with Gasteiger partial charge in [0.15, 0.2) is 0 Å². The molecular weight excluding hydrogens is 231 g/mol. The van der Waals surface area contributed by atoms with E-state index in [9.17, 15) is 9.18 Å². The summed E-state index contributed by atoms with van der Waals surface area (Å²) in [6.07, 6.45) is 0.112. The molecule has 2 rings (SSSR count). The van der Waals surface area contributed by atoms with Crippen LogP contribution in [0.1, 0.15) is 19.4 Å². The van der Waals surface area contributed by atoms with Crippen molar-refractivity contribution in [3.63, 3.8) is 0 Å². The molecule has 18 heavy (non-hydrogen) atoms. The minimum absolute atomic E-state index is 0.0539. The third-order valence-electron chi connectivity index (χ3n) is 3.77. The number of halogens is 1. The van der Waals surface area contributed by atoms with Crippen molar-refractivity contribution < 1.29 is 9.18 Å². The maximum absolute atomic E-state index is 13.4. The molecule has 0 spiro atoms. The molecule has 1 aliphatic rings. The van der Waals surface area contributed by atoms with Gasteiger partial charge in [0.25, 0.3) is 0 Å². The van der Waals surface area contributed by atoms with E-state index in [-0.39, 0.29) is 23.7 Å². The van der Waals surface area contributed by atoms with Crippen LogP contribution in [0.4, 0.5) is 4.39 Å². The van der Waals surface area contributed by atoms with Gasteiger partial charge < -0.3 is 10.6 Å². The molecule has 98 valence electrons. The summed E-state index contributed by atoms with van der Waals surface area (Å²) in [5.74, 6) is -0.0360. The van der Waals surface area contributed by atoms with Crippen LogP contribution in [0, 0.1) is 11.7 Å². The van der Waals surface area contributed by atoms with Gasteiger partial charge in [0, 0.05) is 13.1 Å². The lowest BCUT2D eigenvalue weighted by molar-refractivity contribution is -0.139. The highest BCUT2D eigenvalue weighted by Gasteiger charge is 2.43. The predicted octanol–water partition coefficient (Wildman–Crippen LogP) is 1.56. The minimum atomic E-state index is -0.325. The van der Waals surface area contributed by atoms with Crippen LogP contribution in [0.2, 0.25) is 0 Å². The summed E-state index contributed by atoms with van der Waals surface area (Å²) in [7, 11) is 0. The van der Waals surface area contributed by atoms with E-state index in [1.165, 1.54) is 6.07 Å². The molecule has 2 N–H and O–H groups in total. The first-order valence-corrected chi connectivity index (χ1v) is 6.22. The number of hydrogen-bond acceptors (Lipinski definition) is 2. The number of likely N-dealkylation sites (tertiary alicyclic amines) is 1. The number of carbonyl (C=O) groups is 1. The van der Waals surface area contributed by atoms with Gasteiger partial charge in [-0.1, -0.05) is 32.0 Å². The number of nitrogens with two attached hydrogens (primary N) is 1. The maximum atomic E-state index is 13.4. The van der Waals surface area contributed by atoms with Crippen molar-refractivity contribution in [1.82, 2.24) is 4.90 Å². The Labute approximate surface area is 107 Å². The second-order valence-corrected chi connectivity index (χ2v) is 5.41. The highest BCUT2D eigenvalue weighted by Crippen LogP contribution is 2.26. The third kappa shape index (κ3) is 2.38. The molecule has 1 fully saturated rings. The van der Waals surface area contributed by atoms with Crippen molar-refractivity contribution >= 4 is 5.91 Å². The van der Waals surface area contributed by atoms with Crippen molar-refractivity contribution in [2.45, 2.75) is 25.8 Å². The van der Waals surface area contributed by atoms with Gasteiger partial charge in [0.2, 0.25) is 5.91 Å². The number of rotatable bonds is 3. The maximum Gasteiger partial charge on any atom is 0.227 e. The Hall–Kier alpha value is -1.42. The van der Waals surface area contributed by atoms with Gasteiger partial charge in [-0.25, -0.2) is 4.39 Å². The topological polar surface area (TPSA) is 46.3 Å². The normalized spacial score (nSPS) is 17.7. The van der Waals surface area contributed by atoms with Crippen molar-refractivity contribution in [3.8, 4) is 0 Å². The van der Waals surface area contributed by atoms with E-state index in [0.717, 1.165) is 0 Å². The second-order valence-electron chi connectivity index (χ2n) is 5.41. The van der Waals surface area contributed by atoms with E-state index in [2.05, 4.69) is 13.8 Å². The number of carbonyl (C=O) groups excluding carboxylic acids is 1. The Morgan fingerprint density at radius 2 is 2.06 bits per heavy atom. The summed E-state index contributed by atoms with van der Waals surface area (Å²) in [4.78, 5) is 13.7. The van der Waals surface area contributed by atoms with Gasteiger partial charge >= 0.3 is 0 Å². The Kier molecular flexibility index (Phi) is 3.39. The van der Waals surface area contributed by atoms with E-state index in [0.29, 0.717) is 24.6 Å². The van der Waals surface area contributed by atoms with Gasteiger partial charge in [0.05, 0.1) is 12.0 Å². The Bertz CT molecular complexity index is 453. The molecule has 1 aliphatic heterocycles. The van der Waals surface area contributed by atoms with E-state index >= 15 is 0 Å². The van der Waals surface area contributed by atoms with Crippen LogP contribution >= 0.6 is 0 Å². The molecule has 1 amide bonds. The average molecular weight is 250 g/mol.